The Morgan fingerprint density at radius 1 is 1.73 bits per heavy atom. The lowest BCUT2D eigenvalue weighted by atomic mass is 10.2. The van der Waals surface area contributed by atoms with Crippen LogP contribution in [0.1, 0.15) is 18.7 Å². The van der Waals surface area contributed by atoms with Crippen LogP contribution in [0.25, 0.3) is 10.4 Å². The molecule has 1 rings (SSSR count). The molecule has 1 unspecified atom stereocenters. The van der Waals surface area contributed by atoms with E-state index in [1.807, 2.05) is 0 Å². The molecule has 0 spiro atoms. The van der Waals surface area contributed by atoms with Crippen LogP contribution in [-0.4, -0.2) is 10.2 Å². The van der Waals surface area contributed by atoms with Crippen molar-refractivity contribution in [3.05, 3.63) is 34.5 Å². The van der Waals surface area contributed by atoms with Gasteiger partial charge in [-0.2, -0.15) is 10.2 Å². The van der Waals surface area contributed by atoms with Gasteiger partial charge in [0.05, 0.1) is 11.7 Å². The number of nitrogens with zero attached hydrogens (tertiary/aromatic N) is 5. The molecule has 0 amide bonds. The Labute approximate surface area is 63.7 Å². The molecule has 0 aromatic carbocycles. The summed E-state index contributed by atoms with van der Waals surface area (Å²) in [6.07, 6.45) is 1.58. The van der Waals surface area contributed by atoms with Gasteiger partial charge in [0.2, 0.25) is 0 Å². The fraction of sp³-hybridized carbons (Fsp3) is 0.333. The van der Waals surface area contributed by atoms with Crippen LogP contribution < -0.4 is 0 Å². The van der Waals surface area contributed by atoms with E-state index in [-0.39, 0.29) is 6.04 Å². The first kappa shape index (κ1) is 7.50. The SMILES string of the molecule is CC(N=[N+]=[N-])c1cccnn1. The quantitative estimate of drug-likeness (QED) is 0.365. The Hall–Kier alpha value is -1.61. The molecule has 1 heterocycles. The molecule has 1 atom stereocenters. The molecule has 0 aliphatic rings. The van der Waals surface area contributed by atoms with Crippen molar-refractivity contribution in [1.29, 1.82) is 0 Å². The van der Waals surface area contributed by atoms with Crippen LogP contribution in [0.3, 0.4) is 0 Å². The Morgan fingerprint density at radius 2 is 2.55 bits per heavy atom. The first-order valence-electron chi connectivity index (χ1n) is 3.16. The minimum Gasteiger partial charge on any atom is -0.159 e. The summed E-state index contributed by atoms with van der Waals surface area (Å²) in [5.74, 6) is 0. The van der Waals surface area contributed by atoms with Gasteiger partial charge in [-0.05, 0) is 17.7 Å². The van der Waals surface area contributed by atoms with Gasteiger partial charge in [-0.1, -0.05) is 12.0 Å². The molecule has 5 nitrogen and oxygen atoms in total. The summed E-state index contributed by atoms with van der Waals surface area (Å²) in [6, 6.07) is 3.28. The predicted molar refractivity (Wildman–Crippen MR) is 39.6 cm³/mol. The van der Waals surface area contributed by atoms with Crippen molar-refractivity contribution < 1.29 is 0 Å². The molecule has 5 heteroatoms. The normalized spacial score (nSPS) is 11.7. The summed E-state index contributed by atoms with van der Waals surface area (Å²) in [6.45, 7) is 1.77. The van der Waals surface area contributed by atoms with E-state index in [1.165, 1.54) is 0 Å². The zero-order valence-corrected chi connectivity index (χ0v) is 6.05. The van der Waals surface area contributed by atoms with E-state index in [0.29, 0.717) is 5.69 Å². The molecule has 56 valence electrons. The average Bonchev–Trinajstić information content (AvgIpc) is 2.07. The summed E-state index contributed by atoms with van der Waals surface area (Å²) in [5, 5.41) is 10.9. The van der Waals surface area contributed by atoms with Crippen LogP contribution in [0.5, 0.6) is 0 Å². The highest BCUT2D eigenvalue weighted by atomic mass is 15.2. The van der Waals surface area contributed by atoms with Gasteiger partial charge in [-0.25, -0.2) is 0 Å². The van der Waals surface area contributed by atoms with E-state index < -0.39 is 0 Å². The lowest BCUT2D eigenvalue weighted by molar-refractivity contribution is 0.745. The molecule has 0 radical (unpaired) electrons. The van der Waals surface area contributed by atoms with Crippen LogP contribution in [0.4, 0.5) is 0 Å². The number of rotatable bonds is 2. The zero-order chi connectivity index (χ0) is 8.10. The highest BCUT2D eigenvalue weighted by molar-refractivity contribution is 5.03. The molecule has 0 aliphatic carbocycles. The Morgan fingerprint density at radius 3 is 3.09 bits per heavy atom. The lowest BCUT2D eigenvalue weighted by Gasteiger charge is -1.99. The number of hydrogen-bond donors (Lipinski definition) is 0. The van der Waals surface area contributed by atoms with Crippen LogP contribution in [0.15, 0.2) is 23.4 Å². The van der Waals surface area contributed by atoms with Crippen molar-refractivity contribution in [3.63, 3.8) is 0 Å². The number of aromatic nitrogens is 2. The highest BCUT2D eigenvalue weighted by Gasteiger charge is 2.01. The Balaban J connectivity index is 2.84. The monoisotopic (exact) mass is 149 g/mol. The van der Waals surface area contributed by atoms with Gasteiger partial charge in [0.25, 0.3) is 0 Å². The fourth-order valence-corrected chi connectivity index (χ4v) is 0.673. The minimum absolute atomic E-state index is 0.242. The van der Waals surface area contributed by atoms with E-state index in [1.54, 1.807) is 25.3 Å². The smallest absolute Gasteiger partial charge is 0.0788 e. The second-order valence-corrected chi connectivity index (χ2v) is 2.03. The van der Waals surface area contributed by atoms with Crippen molar-refractivity contribution in [1.82, 2.24) is 10.2 Å². The van der Waals surface area contributed by atoms with Crippen LogP contribution in [-0.2, 0) is 0 Å². The largest absolute Gasteiger partial charge is 0.159 e. The van der Waals surface area contributed by atoms with Crippen molar-refractivity contribution in [2.24, 2.45) is 5.11 Å². The first-order chi connectivity index (χ1) is 5.34. The van der Waals surface area contributed by atoms with Gasteiger partial charge >= 0.3 is 0 Å². The number of hydrogen-bond acceptors (Lipinski definition) is 3. The molecule has 1 aromatic rings. The zero-order valence-electron chi connectivity index (χ0n) is 6.05. The molecule has 11 heavy (non-hydrogen) atoms. The molecule has 1 aromatic heterocycles. The van der Waals surface area contributed by atoms with Crippen LogP contribution >= 0.6 is 0 Å². The maximum atomic E-state index is 8.11. The van der Waals surface area contributed by atoms with Crippen molar-refractivity contribution in [3.8, 4) is 0 Å². The van der Waals surface area contributed by atoms with Crippen molar-refractivity contribution in [2.75, 3.05) is 0 Å². The third-order valence-electron chi connectivity index (χ3n) is 1.25. The fourth-order valence-electron chi connectivity index (χ4n) is 0.673. The van der Waals surface area contributed by atoms with Crippen molar-refractivity contribution >= 4 is 0 Å². The molecule has 0 N–H and O–H groups in total. The lowest BCUT2D eigenvalue weighted by Crippen LogP contribution is -1.93. The highest BCUT2D eigenvalue weighted by Crippen LogP contribution is 2.11. The maximum absolute atomic E-state index is 8.11. The van der Waals surface area contributed by atoms with Gasteiger partial charge in [0.15, 0.2) is 0 Å². The van der Waals surface area contributed by atoms with Gasteiger partial charge in [-0.3, -0.25) is 0 Å². The molecule has 0 aliphatic heterocycles. The summed E-state index contributed by atoms with van der Waals surface area (Å²) in [5.41, 5.74) is 8.79. The van der Waals surface area contributed by atoms with E-state index in [0.717, 1.165) is 0 Å². The molecular weight excluding hydrogens is 142 g/mol. The van der Waals surface area contributed by atoms with Crippen LogP contribution in [0.2, 0.25) is 0 Å². The second-order valence-electron chi connectivity index (χ2n) is 2.03. The van der Waals surface area contributed by atoms with Gasteiger partial charge < -0.3 is 0 Å². The molecular formula is C6H7N5. The molecule has 0 fully saturated rings. The summed E-state index contributed by atoms with van der Waals surface area (Å²) in [4.78, 5) is 2.67. The summed E-state index contributed by atoms with van der Waals surface area (Å²) < 4.78 is 0. The predicted octanol–water partition coefficient (Wildman–Crippen LogP) is 1.85. The summed E-state index contributed by atoms with van der Waals surface area (Å²) in [7, 11) is 0. The van der Waals surface area contributed by atoms with Gasteiger partial charge in [0.1, 0.15) is 0 Å². The molecule has 0 saturated carbocycles. The molecule has 0 saturated heterocycles. The van der Waals surface area contributed by atoms with E-state index >= 15 is 0 Å². The third-order valence-corrected chi connectivity index (χ3v) is 1.25. The summed E-state index contributed by atoms with van der Waals surface area (Å²) >= 11 is 0. The number of azide groups is 1. The van der Waals surface area contributed by atoms with Crippen LogP contribution in [0, 0.1) is 0 Å². The first-order valence-corrected chi connectivity index (χ1v) is 3.16. The standard InChI is InChI=1S/C6H7N5/c1-5(9-11-7)6-3-2-4-8-10-6/h2-5H,1H3. The Kier molecular flexibility index (Phi) is 2.41. The van der Waals surface area contributed by atoms with Gasteiger partial charge in [0, 0.05) is 11.1 Å². The van der Waals surface area contributed by atoms with E-state index in [4.69, 9.17) is 5.53 Å². The minimum atomic E-state index is -0.242. The third kappa shape index (κ3) is 1.91. The van der Waals surface area contributed by atoms with Crippen molar-refractivity contribution in [2.45, 2.75) is 13.0 Å². The topological polar surface area (TPSA) is 74.5 Å². The van der Waals surface area contributed by atoms with E-state index in [2.05, 4.69) is 20.2 Å². The Bertz CT molecular complexity index is 264. The van der Waals surface area contributed by atoms with Gasteiger partial charge in [-0.15, -0.1) is 0 Å². The second kappa shape index (κ2) is 3.53. The molecule has 0 bridgehead atoms. The average molecular weight is 149 g/mol. The van der Waals surface area contributed by atoms with E-state index in [9.17, 15) is 0 Å². The maximum Gasteiger partial charge on any atom is 0.0788 e.